The van der Waals surface area contributed by atoms with Gasteiger partial charge in [0.25, 0.3) is 0 Å². The number of nitrogens with two attached hydrogens (primary N) is 3. The van der Waals surface area contributed by atoms with Gasteiger partial charge in [-0.05, 0) is 0 Å². The lowest BCUT2D eigenvalue weighted by Crippen LogP contribution is -2.69. The molecule has 0 aliphatic carbocycles. The summed E-state index contributed by atoms with van der Waals surface area (Å²) >= 11 is 0. The van der Waals surface area contributed by atoms with Gasteiger partial charge in [0.1, 0.15) is 54.9 Å². The van der Waals surface area contributed by atoms with Crippen LogP contribution in [0.2, 0.25) is 0 Å². The molecule has 0 saturated carbocycles. The third-order valence-corrected chi connectivity index (χ3v) is 7.35. The molecular weight excluding hydrogens is 600 g/mol. The summed E-state index contributed by atoms with van der Waals surface area (Å²) in [5.41, 5.74) is 18.2. The maximum absolute atomic E-state index is 11.3. The molecule has 0 amide bonds. The predicted molar refractivity (Wildman–Crippen MR) is 145 cm³/mol. The van der Waals surface area contributed by atoms with Gasteiger partial charge in [0.15, 0.2) is 18.9 Å². The third-order valence-electron chi connectivity index (χ3n) is 7.35. The molecule has 44 heavy (non-hydrogen) atoms. The average molecular weight is 651 g/mol. The van der Waals surface area contributed by atoms with Crippen LogP contribution in [0.15, 0.2) is 0 Å². The van der Waals surface area contributed by atoms with Crippen LogP contribution >= 0.6 is 0 Å². The summed E-state index contributed by atoms with van der Waals surface area (Å²) in [7, 11) is 0. The molecule has 3 heterocycles. The number of ether oxygens (including phenoxy) is 8. The van der Waals surface area contributed by atoms with E-state index in [4.69, 9.17) is 65.3 Å². The van der Waals surface area contributed by atoms with Gasteiger partial charge in [0.2, 0.25) is 0 Å². The highest BCUT2D eigenvalue weighted by molar-refractivity contribution is 4.98. The molecule has 3 fully saturated rings. The first-order chi connectivity index (χ1) is 20.5. The van der Waals surface area contributed by atoms with Crippen LogP contribution < -0.4 is 23.4 Å². The second-order valence-electron chi connectivity index (χ2n) is 10.4. The summed E-state index contributed by atoms with van der Waals surface area (Å²) in [6, 6.07) is -3.88. The van der Waals surface area contributed by atoms with Crippen molar-refractivity contribution in [3.8, 4) is 0 Å². The van der Waals surface area contributed by atoms with Gasteiger partial charge >= 0.3 is 0 Å². The Hall–Kier alpha value is -0.800. The van der Waals surface area contributed by atoms with Crippen molar-refractivity contribution in [1.29, 1.82) is 0 Å². The molecule has 0 aromatic carbocycles. The van der Waals surface area contributed by atoms with Crippen LogP contribution in [0.25, 0.3) is 0 Å². The van der Waals surface area contributed by atoms with Crippen molar-refractivity contribution in [3.63, 3.8) is 0 Å². The third kappa shape index (κ3) is 9.85. The van der Waals surface area contributed by atoms with Crippen molar-refractivity contribution in [2.45, 2.75) is 91.9 Å². The summed E-state index contributed by atoms with van der Waals surface area (Å²) < 4.78 is 45.0. The van der Waals surface area contributed by atoms with E-state index in [1.54, 1.807) is 0 Å². The number of aliphatic hydroxyl groups is 8. The Labute approximate surface area is 254 Å². The number of hydrogen-bond acceptors (Lipinski definition) is 20. The molecule has 0 bridgehead atoms. The van der Waals surface area contributed by atoms with Gasteiger partial charge in [-0.3, -0.25) is 0 Å². The summed E-state index contributed by atoms with van der Waals surface area (Å²) in [6.07, 6.45) is -16.2. The Morgan fingerprint density at radius 2 is 0.886 bits per heavy atom. The first-order valence-corrected chi connectivity index (χ1v) is 14.1. The van der Waals surface area contributed by atoms with Crippen LogP contribution in [0.1, 0.15) is 0 Å². The lowest BCUT2D eigenvalue weighted by atomic mass is 9.94. The average Bonchev–Trinajstić information content (AvgIpc) is 2.99. The lowest BCUT2D eigenvalue weighted by molar-refractivity contribution is -0.349. The smallest absolute Gasteiger partial charge is 0.176 e. The molecule has 17 N–H and O–H groups in total. The number of hydrogen-bond donors (Lipinski definition) is 12. The summed E-state index contributed by atoms with van der Waals surface area (Å²) in [6.45, 7) is -1.76. The molecule has 0 unspecified atom stereocenters. The van der Waals surface area contributed by atoms with Crippen molar-refractivity contribution in [3.05, 3.63) is 0 Å². The first kappa shape index (κ1) is 39.4. The van der Waals surface area contributed by atoms with E-state index in [9.17, 15) is 30.6 Å². The summed E-state index contributed by atoms with van der Waals surface area (Å²) in [4.78, 5) is 0. The van der Waals surface area contributed by atoms with Crippen LogP contribution in [0.5, 0.6) is 0 Å². The zero-order valence-corrected chi connectivity index (χ0v) is 24.3. The van der Waals surface area contributed by atoms with E-state index in [0.717, 1.165) is 0 Å². The highest BCUT2D eigenvalue weighted by Crippen LogP contribution is 2.31. The Bertz CT molecular complexity index is 796. The Morgan fingerprint density at radius 3 is 1.36 bits per heavy atom. The second-order valence-corrected chi connectivity index (χ2v) is 10.4. The molecule has 3 aliphatic heterocycles. The Balaban J connectivity index is 0.00000675. The van der Waals surface area contributed by atoms with Crippen molar-refractivity contribution in [2.24, 2.45) is 17.2 Å². The van der Waals surface area contributed by atoms with E-state index >= 15 is 0 Å². The normalized spacial score (nSPS) is 43.0. The highest BCUT2D eigenvalue weighted by Gasteiger charge is 2.52. The lowest BCUT2D eigenvalue weighted by Gasteiger charge is -2.49. The van der Waals surface area contributed by atoms with E-state index in [2.05, 4.69) is 0 Å². The van der Waals surface area contributed by atoms with Gasteiger partial charge < -0.3 is 102 Å². The predicted octanol–water partition coefficient (Wildman–Crippen LogP) is -7.46. The van der Waals surface area contributed by atoms with Crippen molar-refractivity contribution in [1.82, 2.24) is 6.15 Å². The highest BCUT2D eigenvalue weighted by atomic mass is 16.7. The molecule has 0 aromatic heterocycles. The van der Waals surface area contributed by atoms with Crippen molar-refractivity contribution in [2.75, 3.05) is 59.5 Å². The van der Waals surface area contributed by atoms with Crippen LogP contribution in [0, 0.1) is 0 Å². The molecule has 15 atom stereocenters. The molecule has 0 radical (unpaired) electrons. The fourth-order valence-corrected chi connectivity index (χ4v) is 4.94. The van der Waals surface area contributed by atoms with E-state index in [0.29, 0.717) is 0 Å². The minimum Gasteiger partial charge on any atom is -0.394 e. The summed E-state index contributed by atoms with van der Waals surface area (Å²) in [5.74, 6) is 0. The topological polar surface area (TPSA) is 349 Å². The number of aliphatic hydroxyl groups excluding tert-OH is 8. The molecule has 262 valence electrons. The quantitative estimate of drug-likeness (QED) is 0.0690. The van der Waals surface area contributed by atoms with Gasteiger partial charge in [-0.15, -0.1) is 0 Å². The zero-order chi connectivity index (χ0) is 31.7. The second kappa shape index (κ2) is 19.1. The minimum absolute atomic E-state index is 0. The molecule has 20 heteroatoms. The zero-order valence-electron chi connectivity index (χ0n) is 24.3. The molecule has 0 spiro atoms. The largest absolute Gasteiger partial charge is 0.394 e. The molecule has 3 aliphatic rings. The van der Waals surface area contributed by atoms with Crippen LogP contribution in [-0.2, 0) is 37.9 Å². The summed E-state index contributed by atoms with van der Waals surface area (Å²) in [5, 5.41) is 80.1. The van der Waals surface area contributed by atoms with Crippen LogP contribution in [0.4, 0.5) is 0 Å². The van der Waals surface area contributed by atoms with Gasteiger partial charge in [0, 0.05) is 0 Å². The van der Waals surface area contributed by atoms with E-state index in [-0.39, 0.29) is 65.6 Å². The van der Waals surface area contributed by atoms with Crippen molar-refractivity contribution < 1.29 is 78.7 Å². The fourth-order valence-electron chi connectivity index (χ4n) is 4.94. The molecule has 0 aromatic rings. The maximum atomic E-state index is 11.3. The van der Waals surface area contributed by atoms with E-state index < -0.39 is 91.9 Å². The monoisotopic (exact) mass is 650 g/mol. The molecule has 3 saturated heterocycles. The standard InChI is InChI=1S/C24H47N3O16.H3N/c25-13-18(33)20(11(39-22(13)35)8-37-5-2-29)42-24-15(27)19(34)21(12(41-24)9-38-6-3-30)43-23-14(26)17(32)16(31)10(40-23)7-36-4-1-28;/h10-24,28-35H,1-9,25-27H2;1H3/t10-,11-,12-,13-,14-,15-,16-,17-,18-,19-,20-,21-,22-,23+,24+;/m1./s1. The molecular formula is C24H50N4O16. The van der Waals surface area contributed by atoms with Gasteiger partial charge in [-0.25, -0.2) is 0 Å². The molecule has 3 rings (SSSR count). The molecule has 20 nitrogen and oxygen atoms in total. The van der Waals surface area contributed by atoms with Crippen LogP contribution in [-0.4, -0.2) is 192 Å². The minimum atomic E-state index is -1.55. The SMILES string of the molecule is N.N[C@@H]1[C@@H](O)[C@H](O[C@@H]2O[C@H](COCCO)[C@@H](O[C@@H]3O[C@H](COCCO)[C@@H](O)[C@H](O)[C@H]3N)[C@H](O)[C@H]2N)[C@@H](COCCO)O[C@H]1O. The fraction of sp³-hybridized carbons (Fsp3) is 1.00. The first-order valence-electron chi connectivity index (χ1n) is 14.1. The van der Waals surface area contributed by atoms with E-state index in [1.165, 1.54) is 0 Å². The Kier molecular flexibility index (Phi) is 17.1. The maximum Gasteiger partial charge on any atom is 0.176 e. The van der Waals surface area contributed by atoms with Crippen LogP contribution in [0.3, 0.4) is 0 Å². The Morgan fingerprint density at radius 1 is 0.500 bits per heavy atom. The van der Waals surface area contributed by atoms with Gasteiger partial charge in [-0.1, -0.05) is 0 Å². The van der Waals surface area contributed by atoms with Crippen molar-refractivity contribution >= 4 is 0 Å². The van der Waals surface area contributed by atoms with Gasteiger partial charge in [-0.2, -0.15) is 0 Å². The van der Waals surface area contributed by atoms with Gasteiger partial charge in [0.05, 0.1) is 77.6 Å². The number of rotatable bonds is 16. The van der Waals surface area contributed by atoms with E-state index in [1.807, 2.05) is 0 Å².